The molecular formula is C13H27NO2. The molecule has 0 rings (SSSR count). The molecule has 0 aliphatic rings. The quantitative estimate of drug-likeness (QED) is 0.488. The maximum atomic E-state index is 11.5. The van der Waals surface area contributed by atoms with Gasteiger partial charge in [-0.05, 0) is 26.2 Å². The van der Waals surface area contributed by atoms with Crippen LogP contribution in [-0.2, 0) is 9.53 Å². The minimum absolute atomic E-state index is 0.00672. The Morgan fingerprint density at radius 2 is 1.81 bits per heavy atom. The van der Waals surface area contributed by atoms with Crippen LogP contribution in [0.25, 0.3) is 0 Å². The lowest BCUT2D eigenvalue weighted by molar-refractivity contribution is -0.150. The smallest absolute Gasteiger partial charge is 0.323 e. The van der Waals surface area contributed by atoms with E-state index in [1.807, 2.05) is 13.8 Å². The maximum Gasteiger partial charge on any atom is 0.323 e. The van der Waals surface area contributed by atoms with Crippen LogP contribution in [0.4, 0.5) is 0 Å². The Kier molecular flexibility index (Phi) is 9.30. The van der Waals surface area contributed by atoms with E-state index in [1.54, 1.807) is 0 Å². The van der Waals surface area contributed by atoms with Crippen molar-refractivity contribution in [2.45, 2.75) is 77.9 Å². The van der Waals surface area contributed by atoms with Crippen LogP contribution >= 0.6 is 0 Å². The third-order valence-corrected chi connectivity index (χ3v) is 2.68. The predicted octanol–water partition coefficient (Wildman–Crippen LogP) is 3.02. The minimum atomic E-state index is -0.442. The van der Waals surface area contributed by atoms with Gasteiger partial charge in [0.15, 0.2) is 0 Å². The van der Waals surface area contributed by atoms with Crippen LogP contribution in [0.1, 0.15) is 65.7 Å². The van der Waals surface area contributed by atoms with Gasteiger partial charge >= 0.3 is 5.97 Å². The molecule has 0 heterocycles. The number of nitrogens with two attached hydrogens (primary N) is 1. The van der Waals surface area contributed by atoms with Gasteiger partial charge in [0, 0.05) is 0 Å². The fourth-order valence-corrected chi connectivity index (χ4v) is 1.63. The summed E-state index contributed by atoms with van der Waals surface area (Å²) >= 11 is 0. The molecule has 0 saturated heterocycles. The van der Waals surface area contributed by atoms with Gasteiger partial charge in [-0.3, -0.25) is 4.79 Å². The van der Waals surface area contributed by atoms with E-state index < -0.39 is 6.04 Å². The van der Waals surface area contributed by atoms with E-state index in [2.05, 4.69) is 6.92 Å². The molecule has 0 aliphatic carbocycles. The normalized spacial score (nSPS) is 14.5. The Morgan fingerprint density at radius 3 is 2.38 bits per heavy atom. The molecule has 0 fully saturated rings. The number of rotatable bonds is 9. The Balaban J connectivity index is 3.61. The number of carbonyl (C=O) groups excluding carboxylic acids is 1. The molecule has 0 saturated carbocycles. The van der Waals surface area contributed by atoms with Gasteiger partial charge in [0.1, 0.15) is 6.04 Å². The molecule has 0 spiro atoms. The van der Waals surface area contributed by atoms with Crippen LogP contribution in [0, 0.1) is 0 Å². The molecule has 0 aliphatic heterocycles. The maximum absolute atomic E-state index is 11.5. The summed E-state index contributed by atoms with van der Waals surface area (Å²) < 4.78 is 5.28. The summed E-state index contributed by atoms with van der Waals surface area (Å²) in [6.45, 7) is 6.15. The zero-order valence-electron chi connectivity index (χ0n) is 11.0. The van der Waals surface area contributed by atoms with Crippen LogP contribution in [0.5, 0.6) is 0 Å². The fraction of sp³-hybridized carbons (Fsp3) is 0.923. The van der Waals surface area contributed by atoms with Crippen LogP contribution in [-0.4, -0.2) is 18.1 Å². The number of esters is 1. The zero-order chi connectivity index (χ0) is 12.4. The van der Waals surface area contributed by atoms with Gasteiger partial charge < -0.3 is 10.5 Å². The summed E-state index contributed by atoms with van der Waals surface area (Å²) in [5.41, 5.74) is 5.68. The lowest BCUT2D eigenvalue weighted by Gasteiger charge is -2.16. The van der Waals surface area contributed by atoms with E-state index in [0.29, 0.717) is 6.42 Å². The van der Waals surface area contributed by atoms with E-state index in [-0.39, 0.29) is 12.1 Å². The Hall–Kier alpha value is -0.570. The van der Waals surface area contributed by atoms with Crippen molar-refractivity contribution in [1.29, 1.82) is 0 Å². The number of hydrogen-bond acceptors (Lipinski definition) is 3. The number of ether oxygens (including phenoxy) is 1. The van der Waals surface area contributed by atoms with Gasteiger partial charge in [-0.15, -0.1) is 0 Å². The molecule has 16 heavy (non-hydrogen) atoms. The van der Waals surface area contributed by atoms with Gasteiger partial charge in [-0.25, -0.2) is 0 Å². The summed E-state index contributed by atoms with van der Waals surface area (Å²) in [5, 5.41) is 0. The van der Waals surface area contributed by atoms with Gasteiger partial charge in [0.25, 0.3) is 0 Å². The molecular weight excluding hydrogens is 202 g/mol. The number of hydrogen-bond donors (Lipinski definition) is 1. The summed E-state index contributed by atoms with van der Waals surface area (Å²) in [7, 11) is 0. The Morgan fingerprint density at radius 1 is 1.12 bits per heavy atom. The molecule has 2 atom stereocenters. The van der Waals surface area contributed by atoms with Crippen LogP contribution in [0.15, 0.2) is 0 Å². The third-order valence-electron chi connectivity index (χ3n) is 2.68. The molecule has 96 valence electrons. The van der Waals surface area contributed by atoms with E-state index in [4.69, 9.17) is 10.5 Å². The van der Waals surface area contributed by atoms with Crippen molar-refractivity contribution in [1.82, 2.24) is 0 Å². The Labute approximate surface area is 99.7 Å². The summed E-state index contributed by atoms with van der Waals surface area (Å²) in [4.78, 5) is 11.5. The summed E-state index contributed by atoms with van der Waals surface area (Å²) in [5.74, 6) is -0.246. The molecule has 3 nitrogen and oxygen atoms in total. The first-order chi connectivity index (χ1) is 7.61. The van der Waals surface area contributed by atoms with Gasteiger partial charge in [-0.2, -0.15) is 0 Å². The SMILES string of the molecule is CCCCCCC(C)OC(=O)[C@H](N)CCC. The second-order valence-electron chi connectivity index (χ2n) is 4.49. The first-order valence-electron chi connectivity index (χ1n) is 6.57. The van der Waals surface area contributed by atoms with Crippen molar-refractivity contribution in [3.63, 3.8) is 0 Å². The summed E-state index contributed by atoms with van der Waals surface area (Å²) in [6, 6.07) is -0.442. The largest absolute Gasteiger partial charge is 0.462 e. The molecule has 2 N–H and O–H groups in total. The van der Waals surface area contributed by atoms with E-state index in [0.717, 1.165) is 19.3 Å². The van der Waals surface area contributed by atoms with Crippen molar-refractivity contribution < 1.29 is 9.53 Å². The molecule has 1 unspecified atom stereocenters. The van der Waals surface area contributed by atoms with Crippen LogP contribution in [0.3, 0.4) is 0 Å². The van der Waals surface area contributed by atoms with E-state index in [9.17, 15) is 4.79 Å². The second-order valence-corrected chi connectivity index (χ2v) is 4.49. The first kappa shape index (κ1) is 15.4. The monoisotopic (exact) mass is 229 g/mol. The summed E-state index contributed by atoms with van der Waals surface area (Å²) in [6.07, 6.45) is 7.43. The number of unbranched alkanes of at least 4 members (excludes halogenated alkanes) is 3. The highest BCUT2D eigenvalue weighted by atomic mass is 16.5. The molecule has 0 aromatic rings. The van der Waals surface area contributed by atoms with Crippen molar-refractivity contribution in [2.24, 2.45) is 5.73 Å². The average Bonchev–Trinajstić information content (AvgIpc) is 2.24. The number of carbonyl (C=O) groups is 1. The molecule has 3 heteroatoms. The average molecular weight is 229 g/mol. The van der Waals surface area contributed by atoms with Crippen LogP contribution in [0.2, 0.25) is 0 Å². The highest BCUT2D eigenvalue weighted by molar-refractivity contribution is 5.75. The fourth-order valence-electron chi connectivity index (χ4n) is 1.63. The molecule has 0 amide bonds. The molecule has 0 aromatic carbocycles. The van der Waals surface area contributed by atoms with E-state index in [1.165, 1.54) is 19.3 Å². The lowest BCUT2D eigenvalue weighted by Crippen LogP contribution is -2.34. The van der Waals surface area contributed by atoms with Crippen molar-refractivity contribution in [3.8, 4) is 0 Å². The van der Waals surface area contributed by atoms with Crippen molar-refractivity contribution in [3.05, 3.63) is 0 Å². The molecule has 0 bridgehead atoms. The molecule has 0 radical (unpaired) electrons. The lowest BCUT2D eigenvalue weighted by atomic mass is 10.1. The Bertz CT molecular complexity index is 183. The topological polar surface area (TPSA) is 52.3 Å². The zero-order valence-corrected chi connectivity index (χ0v) is 11.0. The third kappa shape index (κ3) is 7.69. The van der Waals surface area contributed by atoms with E-state index >= 15 is 0 Å². The van der Waals surface area contributed by atoms with Crippen molar-refractivity contribution >= 4 is 5.97 Å². The van der Waals surface area contributed by atoms with Crippen LogP contribution < -0.4 is 5.73 Å². The minimum Gasteiger partial charge on any atom is -0.462 e. The highest BCUT2D eigenvalue weighted by Crippen LogP contribution is 2.09. The standard InChI is InChI=1S/C13H27NO2/c1-4-6-7-8-10-11(3)16-13(15)12(14)9-5-2/h11-12H,4-10,14H2,1-3H3/t11?,12-/m1/s1. The molecule has 0 aromatic heterocycles. The predicted molar refractivity (Wildman–Crippen MR) is 67.2 cm³/mol. The first-order valence-corrected chi connectivity index (χ1v) is 6.57. The van der Waals surface area contributed by atoms with Gasteiger partial charge in [0.05, 0.1) is 6.10 Å². The second kappa shape index (κ2) is 9.64. The van der Waals surface area contributed by atoms with Crippen molar-refractivity contribution in [2.75, 3.05) is 0 Å². The highest BCUT2D eigenvalue weighted by Gasteiger charge is 2.16. The van der Waals surface area contributed by atoms with Gasteiger partial charge in [0.2, 0.25) is 0 Å². The van der Waals surface area contributed by atoms with Gasteiger partial charge in [-0.1, -0.05) is 39.5 Å².